The monoisotopic (exact) mass is 246 g/mol. The molecule has 2 unspecified atom stereocenters. The Morgan fingerprint density at radius 1 is 1.17 bits per heavy atom. The lowest BCUT2D eigenvalue weighted by Crippen LogP contribution is -2.29. The van der Waals surface area contributed by atoms with Crippen LogP contribution in [0.2, 0.25) is 0 Å². The molecular weight excluding hydrogens is 228 g/mol. The number of aliphatic hydroxyl groups is 1. The van der Waals surface area contributed by atoms with Gasteiger partial charge in [-0.15, -0.1) is 0 Å². The minimum Gasteiger partial charge on any atom is -0.501 e. The van der Waals surface area contributed by atoms with E-state index in [1.165, 1.54) is 5.56 Å². The number of hydrogen-bond acceptors (Lipinski definition) is 3. The van der Waals surface area contributed by atoms with Gasteiger partial charge in [0.15, 0.2) is 0 Å². The van der Waals surface area contributed by atoms with Crippen molar-refractivity contribution in [3.8, 4) is 0 Å². The number of benzene rings is 1. The van der Waals surface area contributed by atoms with Gasteiger partial charge in [0, 0.05) is 0 Å². The molecule has 0 saturated heterocycles. The lowest BCUT2D eigenvalue weighted by Gasteiger charge is -2.31. The highest BCUT2D eigenvalue weighted by molar-refractivity contribution is 5.33. The third-order valence-corrected chi connectivity index (χ3v) is 3.66. The van der Waals surface area contributed by atoms with Crippen LogP contribution in [0.3, 0.4) is 0 Å². The maximum Gasteiger partial charge on any atom is 0.113 e. The van der Waals surface area contributed by atoms with Gasteiger partial charge in [-0.2, -0.15) is 0 Å². The van der Waals surface area contributed by atoms with Gasteiger partial charge in [0.25, 0.3) is 0 Å². The van der Waals surface area contributed by atoms with Crippen molar-refractivity contribution in [2.45, 2.75) is 31.5 Å². The van der Waals surface area contributed by atoms with Gasteiger partial charge in [0.2, 0.25) is 0 Å². The number of aliphatic hydroxyl groups excluding tert-OH is 1. The van der Waals surface area contributed by atoms with Crippen molar-refractivity contribution in [3.05, 3.63) is 47.2 Å². The standard InChI is InChI=1S/C15H18O3/c16-14(12-5-3-8-17-10-12)15-13-6-2-1-4-11(13)7-9-18-15/h1-2,4,6,10,14-16H,3,5,7-9H2. The predicted molar refractivity (Wildman–Crippen MR) is 68.1 cm³/mol. The first-order valence-electron chi connectivity index (χ1n) is 6.54. The van der Waals surface area contributed by atoms with Crippen LogP contribution in [-0.4, -0.2) is 24.4 Å². The SMILES string of the molecule is OC(C1=COCCC1)C1OCCc2ccccc21. The lowest BCUT2D eigenvalue weighted by atomic mass is 9.90. The Hall–Kier alpha value is -1.32. The summed E-state index contributed by atoms with van der Waals surface area (Å²) in [5.41, 5.74) is 3.34. The van der Waals surface area contributed by atoms with E-state index in [1.807, 2.05) is 18.2 Å². The van der Waals surface area contributed by atoms with Crippen LogP contribution in [0.25, 0.3) is 0 Å². The molecule has 0 aliphatic carbocycles. The Labute approximate surface area is 107 Å². The fourth-order valence-corrected chi connectivity index (χ4v) is 2.68. The van der Waals surface area contributed by atoms with Gasteiger partial charge in [-0.1, -0.05) is 24.3 Å². The summed E-state index contributed by atoms with van der Waals surface area (Å²) in [6, 6.07) is 8.20. The van der Waals surface area contributed by atoms with Crippen LogP contribution in [0.1, 0.15) is 30.1 Å². The lowest BCUT2D eigenvalue weighted by molar-refractivity contribution is -0.0351. The Kier molecular flexibility index (Phi) is 3.35. The molecule has 2 aliphatic heterocycles. The van der Waals surface area contributed by atoms with E-state index in [0.717, 1.165) is 37.0 Å². The minimum atomic E-state index is -0.591. The van der Waals surface area contributed by atoms with Gasteiger partial charge in [0.1, 0.15) is 12.2 Å². The van der Waals surface area contributed by atoms with Gasteiger partial charge >= 0.3 is 0 Å². The molecule has 3 rings (SSSR count). The zero-order valence-corrected chi connectivity index (χ0v) is 10.3. The van der Waals surface area contributed by atoms with E-state index < -0.39 is 6.10 Å². The fraction of sp³-hybridized carbons (Fsp3) is 0.467. The van der Waals surface area contributed by atoms with E-state index in [4.69, 9.17) is 9.47 Å². The number of fused-ring (bicyclic) bond motifs is 1. The molecule has 1 N–H and O–H groups in total. The summed E-state index contributed by atoms with van der Waals surface area (Å²) in [7, 11) is 0. The van der Waals surface area contributed by atoms with E-state index in [1.54, 1.807) is 6.26 Å². The Morgan fingerprint density at radius 3 is 2.89 bits per heavy atom. The third-order valence-electron chi connectivity index (χ3n) is 3.66. The summed E-state index contributed by atoms with van der Waals surface area (Å²) in [6.07, 6.45) is 3.65. The minimum absolute atomic E-state index is 0.247. The Balaban J connectivity index is 1.86. The highest BCUT2D eigenvalue weighted by Crippen LogP contribution is 2.34. The van der Waals surface area contributed by atoms with E-state index in [2.05, 4.69) is 6.07 Å². The van der Waals surface area contributed by atoms with Crippen molar-refractivity contribution in [3.63, 3.8) is 0 Å². The first kappa shape index (κ1) is 11.8. The fourth-order valence-electron chi connectivity index (χ4n) is 2.68. The van der Waals surface area contributed by atoms with Crippen molar-refractivity contribution in [1.82, 2.24) is 0 Å². The van der Waals surface area contributed by atoms with Gasteiger partial charge in [0.05, 0.1) is 19.5 Å². The molecule has 18 heavy (non-hydrogen) atoms. The van der Waals surface area contributed by atoms with Gasteiger partial charge in [-0.25, -0.2) is 0 Å². The van der Waals surface area contributed by atoms with E-state index in [0.29, 0.717) is 6.61 Å². The zero-order valence-electron chi connectivity index (χ0n) is 10.3. The van der Waals surface area contributed by atoms with Crippen LogP contribution >= 0.6 is 0 Å². The Bertz CT molecular complexity index is 453. The largest absolute Gasteiger partial charge is 0.501 e. The molecule has 2 aliphatic rings. The molecule has 3 heteroatoms. The zero-order chi connectivity index (χ0) is 12.4. The first-order valence-corrected chi connectivity index (χ1v) is 6.54. The van der Waals surface area contributed by atoms with Gasteiger partial charge in [-0.3, -0.25) is 0 Å². The molecule has 0 bridgehead atoms. The quantitative estimate of drug-likeness (QED) is 0.870. The molecular formula is C15H18O3. The molecule has 0 saturated carbocycles. The highest BCUT2D eigenvalue weighted by Gasteiger charge is 2.30. The summed E-state index contributed by atoms with van der Waals surface area (Å²) in [5, 5.41) is 10.5. The summed E-state index contributed by atoms with van der Waals surface area (Å²) in [6.45, 7) is 1.42. The van der Waals surface area contributed by atoms with E-state index >= 15 is 0 Å². The molecule has 0 spiro atoms. The van der Waals surface area contributed by atoms with Crippen molar-refractivity contribution in [2.24, 2.45) is 0 Å². The van der Waals surface area contributed by atoms with Crippen LogP contribution in [0, 0.1) is 0 Å². The molecule has 0 radical (unpaired) electrons. The van der Waals surface area contributed by atoms with E-state index in [9.17, 15) is 5.11 Å². The van der Waals surface area contributed by atoms with Crippen molar-refractivity contribution in [2.75, 3.05) is 13.2 Å². The number of ether oxygens (including phenoxy) is 2. The molecule has 0 fully saturated rings. The maximum atomic E-state index is 10.5. The molecule has 2 atom stereocenters. The van der Waals surface area contributed by atoms with Crippen LogP contribution in [0.4, 0.5) is 0 Å². The summed E-state index contributed by atoms with van der Waals surface area (Å²) < 4.78 is 11.1. The van der Waals surface area contributed by atoms with Crippen LogP contribution in [0.15, 0.2) is 36.1 Å². The van der Waals surface area contributed by atoms with Gasteiger partial charge < -0.3 is 14.6 Å². The third kappa shape index (κ3) is 2.16. The second-order valence-electron chi connectivity index (χ2n) is 4.85. The molecule has 1 aromatic carbocycles. The Morgan fingerprint density at radius 2 is 2.06 bits per heavy atom. The van der Waals surface area contributed by atoms with Crippen molar-refractivity contribution in [1.29, 1.82) is 0 Å². The predicted octanol–water partition coefficient (Wildman–Crippen LogP) is 2.36. The second kappa shape index (κ2) is 5.12. The summed E-state index contributed by atoms with van der Waals surface area (Å²) in [5.74, 6) is 0. The molecule has 0 amide bonds. The van der Waals surface area contributed by atoms with Crippen LogP contribution in [-0.2, 0) is 15.9 Å². The average molecular weight is 246 g/mol. The topological polar surface area (TPSA) is 38.7 Å². The van der Waals surface area contributed by atoms with E-state index in [-0.39, 0.29) is 6.10 Å². The van der Waals surface area contributed by atoms with Gasteiger partial charge in [-0.05, 0) is 36.0 Å². The highest BCUT2D eigenvalue weighted by atomic mass is 16.5. The first-order chi connectivity index (χ1) is 8.86. The van der Waals surface area contributed by atoms with Crippen LogP contribution < -0.4 is 0 Å². The number of hydrogen-bond donors (Lipinski definition) is 1. The molecule has 1 aromatic rings. The van der Waals surface area contributed by atoms with Crippen LogP contribution in [0.5, 0.6) is 0 Å². The smallest absolute Gasteiger partial charge is 0.113 e. The van der Waals surface area contributed by atoms with Crippen molar-refractivity contribution < 1.29 is 14.6 Å². The number of rotatable bonds is 2. The normalized spacial score (nSPS) is 24.7. The summed E-state index contributed by atoms with van der Waals surface area (Å²) in [4.78, 5) is 0. The molecule has 3 nitrogen and oxygen atoms in total. The summed E-state index contributed by atoms with van der Waals surface area (Å²) >= 11 is 0. The maximum absolute atomic E-state index is 10.5. The molecule has 96 valence electrons. The average Bonchev–Trinajstić information content (AvgIpc) is 2.47. The second-order valence-corrected chi connectivity index (χ2v) is 4.85. The molecule has 2 heterocycles. The molecule has 0 aromatic heterocycles. The van der Waals surface area contributed by atoms with Crippen molar-refractivity contribution >= 4 is 0 Å².